The molecule has 2 saturated heterocycles. The SMILES string of the molecule is NC1(CNC(=O)c2ccc3ccccc3n2)CCN(CC2CCOCC2O)CC1Cl. The number of benzene rings is 1. The highest BCUT2D eigenvalue weighted by Crippen LogP contribution is 2.27. The number of pyridine rings is 1. The van der Waals surface area contributed by atoms with Crippen LogP contribution in [-0.2, 0) is 4.74 Å². The number of fused-ring (bicyclic) bond motifs is 1. The number of aliphatic hydroxyl groups excluding tert-OH is 1. The van der Waals surface area contributed by atoms with Crippen LogP contribution in [0.3, 0.4) is 0 Å². The molecule has 0 radical (unpaired) electrons. The summed E-state index contributed by atoms with van der Waals surface area (Å²) in [6.45, 7) is 3.59. The number of rotatable bonds is 5. The Bertz CT molecular complexity index is 898. The van der Waals surface area contributed by atoms with Crippen LogP contribution in [0, 0.1) is 5.92 Å². The predicted molar refractivity (Wildman–Crippen MR) is 117 cm³/mol. The Morgan fingerprint density at radius 1 is 1.37 bits per heavy atom. The van der Waals surface area contributed by atoms with E-state index in [-0.39, 0.29) is 17.2 Å². The van der Waals surface area contributed by atoms with Gasteiger partial charge in [-0.2, -0.15) is 0 Å². The van der Waals surface area contributed by atoms with E-state index in [9.17, 15) is 9.90 Å². The third kappa shape index (κ3) is 4.76. The summed E-state index contributed by atoms with van der Waals surface area (Å²) in [5, 5.41) is 13.7. The number of aromatic nitrogens is 1. The van der Waals surface area contributed by atoms with Crippen LogP contribution in [0.15, 0.2) is 36.4 Å². The molecule has 0 saturated carbocycles. The number of nitrogens with zero attached hydrogens (tertiary/aromatic N) is 2. The number of alkyl halides is 1. The largest absolute Gasteiger partial charge is 0.390 e. The van der Waals surface area contributed by atoms with Gasteiger partial charge in [-0.1, -0.05) is 24.3 Å². The maximum atomic E-state index is 12.6. The van der Waals surface area contributed by atoms with Crippen molar-refractivity contribution in [2.45, 2.75) is 29.9 Å². The fourth-order valence-electron chi connectivity index (χ4n) is 4.23. The molecule has 8 heteroatoms. The number of likely N-dealkylation sites (tertiary alicyclic amines) is 1. The Labute approximate surface area is 181 Å². The van der Waals surface area contributed by atoms with Gasteiger partial charge in [-0.05, 0) is 25.0 Å². The van der Waals surface area contributed by atoms with E-state index in [1.54, 1.807) is 6.07 Å². The molecule has 30 heavy (non-hydrogen) atoms. The molecule has 4 atom stereocenters. The Morgan fingerprint density at radius 2 is 2.20 bits per heavy atom. The Morgan fingerprint density at radius 3 is 3.00 bits per heavy atom. The van der Waals surface area contributed by atoms with Crippen molar-refractivity contribution in [3.63, 3.8) is 0 Å². The van der Waals surface area contributed by atoms with Crippen LogP contribution in [0.2, 0.25) is 0 Å². The normalized spacial score (nSPS) is 30.3. The zero-order valence-electron chi connectivity index (χ0n) is 17.0. The number of ether oxygens (including phenoxy) is 1. The number of halogens is 1. The smallest absolute Gasteiger partial charge is 0.269 e. The monoisotopic (exact) mass is 432 g/mol. The molecular formula is C22H29ClN4O3. The van der Waals surface area contributed by atoms with Gasteiger partial charge < -0.3 is 25.8 Å². The first kappa shape index (κ1) is 21.5. The van der Waals surface area contributed by atoms with E-state index in [2.05, 4.69) is 15.2 Å². The lowest BCUT2D eigenvalue weighted by Gasteiger charge is -2.44. The van der Waals surface area contributed by atoms with Crippen molar-refractivity contribution in [1.82, 2.24) is 15.2 Å². The van der Waals surface area contributed by atoms with E-state index in [1.165, 1.54) is 0 Å². The van der Waals surface area contributed by atoms with Gasteiger partial charge in [0.25, 0.3) is 5.91 Å². The summed E-state index contributed by atoms with van der Waals surface area (Å²) in [5.41, 5.74) is 7.05. The molecule has 0 aliphatic carbocycles. The van der Waals surface area contributed by atoms with Gasteiger partial charge in [0, 0.05) is 44.1 Å². The van der Waals surface area contributed by atoms with E-state index in [1.807, 2.05) is 30.3 Å². The molecule has 1 amide bonds. The Balaban J connectivity index is 1.32. The van der Waals surface area contributed by atoms with E-state index in [0.29, 0.717) is 38.4 Å². The Hall–Kier alpha value is -1.77. The van der Waals surface area contributed by atoms with Gasteiger partial charge in [0.1, 0.15) is 5.69 Å². The first-order valence-corrected chi connectivity index (χ1v) is 10.9. The second kappa shape index (κ2) is 9.16. The number of nitrogens with one attached hydrogen (secondary N) is 1. The molecule has 0 spiro atoms. The topological polar surface area (TPSA) is 101 Å². The van der Waals surface area contributed by atoms with E-state index in [0.717, 1.165) is 30.4 Å². The van der Waals surface area contributed by atoms with E-state index < -0.39 is 11.6 Å². The van der Waals surface area contributed by atoms with E-state index >= 15 is 0 Å². The summed E-state index contributed by atoms with van der Waals surface area (Å²) in [6.07, 6.45) is 1.10. The maximum Gasteiger partial charge on any atom is 0.269 e. The number of carbonyl (C=O) groups is 1. The molecular weight excluding hydrogens is 404 g/mol. The molecule has 4 unspecified atom stereocenters. The first-order chi connectivity index (χ1) is 14.4. The minimum Gasteiger partial charge on any atom is -0.390 e. The minimum atomic E-state index is -0.682. The van der Waals surface area contributed by atoms with Gasteiger partial charge in [-0.25, -0.2) is 4.98 Å². The molecule has 4 N–H and O–H groups in total. The number of piperidine rings is 1. The van der Waals surface area contributed by atoms with Crippen LogP contribution in [0.1, 0.15) is 23.3 Å². The van der Waals surface area contributed by atoms with Gasteiger partial charge >= 0.3 is 0 Å². The molecule has 1 aromatic heterocycles. The molecule has 3 heterocycles. The number of para-hydroxylation sites is 1. The first-order valence-electron chi connectivity index (χ1n) is 10.5. The zero-order chi connectivity index (χ0) is 21.1. The van der Waals surface area contributed by atoms with Crippen molar-refractivity contribution in [3.05, 3.63) is 42.1 Å². The minimum absolute atomic E-state index is 0.201. The van der Waals surface area contributed by atoms with Crippen molar-refractivity contribution in [1.29, 1.82) is 0 Å². The highest BCUT2D eigenvalue weighted by atomic mass is 35.5. The van der Waals surface area contributed by atoms with Crippen LogP contribution < -0.4 is 11.1 Å². The summed E-state index contributed by atoms with van der Waals surface area (Å²) < 4.78 is 5.31. The van der Waals surface area contributed by atoms with Crippen LogP contribution in [0.5, 0.6) is 0 Å². The number of nitrogens with two attached hydrogens (primary N) is 1. The number of aliphatic hydroxyl groups is 1. The van der Waals surface area contributed by atoms with Crippen LogP contribution in [0.25, 0.3) is 10.9 Å². The fourth-order valence-corrected chi connectivity index (χ4v) is 4.61. The highest BCUT2D eigenvalue weighted by molar-refractivity contribution is 6.21. The molecule has 2 aromatic rings. The zero-order valence-corrected chi connectivity index (χ0v) is 17.7. The second-order valence-electron chi connectivity index (χ2n) is 8.47. The molecule has 7 nitrogen and oxygen atoms in total. The second-order valence-corrected chi connectivity index (χ2v) is 9.00. The summed E-state index contributed by atoms with van der Waals surface area (Å²) in [5.74, 6) is -0.0474. The average Bonchev–Trinajstić information content (AvgIpc) is 2.76. The highest BCUT2D eigenvalue weighted by Gasteiger charge is 2.40. The third-order valence-corrected chi connectivity index (χ3v) is 6.88. The summed E-state index contributed by atoms with van der Waals surface area (Å²) in [7, 11) is 0. The number of amides is 1. The number of carbonyl (C=O) groups excluding carboxylic acids is 1. The van der Waals surface area contributed by atoms with Crippen molar-refractivity contribution >= 4 is 28.4 Å². The van der Waals surface area contributed by atoms with Crippen LogP contribution in [0.4, 0.5) is 0 Å². The molecule has 0 bridgehead atoms. The lowest BCUT2D eigenvalue weighted by atomic mass is 9.86. The number of hydrogen-bond donors (Lipinski definition) is 3. The lowest BCUT2D eigenvalue weighted by Crippen LogP contribution is -2.64. The molecule has 2 aliphatic rings. The maximum absolute atomic E-state index is 12.6. The summed E-state index contributed by atoms with van der Waals surface area (Å²) in [6, 6.07) is 11.3. The van der Waals surface area contributed by atoms with Crippen molar-refractivity contribution in [2.75, 3.05) is 39.4 Å². The molecule has 2 aliphatic heterocycles. The van der Waals surface area contributed by atoms with Crippen LogP contribution in [-0.4, -0.2) is 77.3 Å². The summed E-state index contributed by atoms with van der Waals surface area (Å²) in [4.78, 5) is 19.3. The van der Waals surface area contributed by atoms with Crippen molar-refractivity contribution < 1.29 is 14.6 Å². The fraction of sp³-hybridized carbons (Fsp3) is 0.545. The Kier molecular flexibility index (Phi) is 6.55. The third-order valence-electron chi connectivity index (χ3n) is 6.30. The van der Waals surface area contributed by atoms with Gasteiger partial charge in [0.15, 0.2) is 0 Å². The molecule has 162 valence electrons. The quantitative estimate of drug-likeness (QED) is 0.617. The van der Waals surface area contributed by atoms with Crippen LogP contribution >= 0.6 is 11.6 Å². The van der Waals surface area contributed by atoms with Gasteiger partial charge in [-0.15, -0.1) is 11.6 Å². The number of hydrogen-bond acceptors (Lipinski definition) is 6. The molecule has 1 aromatic carbocycles. The van der Waals surface area contributed by atoms with Crippen molar-refractivity contribution in [3.8, 4) is 0 Å². The molecule has 4 rings (SSSR count). The van der Waals surface area contributed by atoms with Gasteiger partial charge in [0.2, 0.25) is 0 Å². The van der Waals surface area contributed by atoms with Gasteiger partial charge in [0.05, 0.1) is 29.1 Å². The van der Waals surface area contributed by atoms with Crippen molar-refractivity contribution in [2.24, 2.45) is 11.7 Å². The van der Waals surface area contributed by atoms with Gasteiger partial charge in [-0.3, -0.25) is 4.79 Å². The summed E-state index contributed by atoms with van der Waals surface area (Å²) >= 11 is 6.66. The van der Waals surface area contributed by atoms with E-state index in [4.69, 9.17) is 22.1 Å². The average molecular weight is 433 g/mol. The standard InChI is InChI=1S/C22H29ClN4O3/c23-20-12-27(11-16-7-10-30-13-19(16)28)9-8-22(20,24)14-25-21(29)18-6-5-15-3-1-2-4-17(15)26-18/h1-6,16,19-20,28H,7-14,24H2,(H,25,29). The molecule has 2 fully saturated rings. The predicted octanol–water partition coefficient (Wildman–Crippen LogP) is 1.37. The lowest BCUT2D eigenvalue weighted by molar-refractivity contribution is -0.0547.